The van der Waals surface area contributed by atoms with Crippen LogP contribution in [0.5, 0.6) is 0 Å². The van der Waals surface area contributed by atoms with Gasteiger partial charge in [0, 0.05) is 19.1 Å². The zero-order valence-corrected chi connectivity index (χ0v) is 11.8. The molecule has 2 unspecified atom stereocenters. The number of carbonyl (C=O) groups is 1. The maximum Gasteiger partial charge on any atom is 0.239 e. The lowest BCUT2D eigenvalue weighted by Gasteiger charge is -2.41. The van der Waals surface area contributed by atoms with Crippen molar-refractivity contribution in [2.24, 2.45) is 0 Å². The van der Waals surface area contributed by atoms with E-state index in [0.717, 1.165) is 13.0 Å². The van der Waals surface area contributed by atoms with Crippen LogP contribution in [0, 0.1) is 0 Å². The maximum atomic E-state index is 12.2. The van der Waals surface area contributed by atoms with E-state index < -0.39 is 0 Å². The Balaban J connectivity index is 1.43. The van der Waals surface area contributed by atoms with Crippen LogP contribution in [0.15, 0.2) is 30.3 Å². The number of amides is 1. The number of nitrogens with zero attached hydrogens (tertiary/aromatic N) is 1. The Morgan fingerprint density at radius 3 is 2.95 bits per heavy atom. The summed E-state index contributed by atoms with van der Waals surface area (Å²) in [5, 5.41) is 3.42. The van der Waals surface area contributed by atoms with Crippen molar-refractivity contribution in [1.82, 2.24) is 10.2 Å². The van der Waals surface area contributed by atoms with Crippen molar-refractivity contribution < 1.29 is 9.53 Å². The molecule has 1 aromatic carbocycles. The second kappa shape index (κ2) is 6.37. The number of benzene rings is 1. The van der Waals surface area contributed by atoms with E-state index in [-0.39, 0.29) is 11.9 Å². The Kier molecular flexibility index (Phi) is 4.33. The van der Waals surface area contributed by atoms with E-state index >= 15 is 0 Å². The van der Waals surface area contributed by atoms with Crippen LogP contribution in [0.25, 0.3) is 0 Å². The van der Waals surface area contributed by atoms with E-state index in [1.54, 1.807) is 0 Å². The molecule has 2 saturated heterocycles. The normalized spacial score (nSPS) is 25.8. The third kappa shape index (κ3) is 3.19. The molecule has 20 heavy (non-hydrogen) atoms. The maximum absolute atomic E-state index is 12.2. The van der Waals surface area contributed by atoms with E-state index in [4.69, 9.17) is 4.74 Å². The van der Waals surface area contributed by atoms with Crippen molar-refractivity contribution >= 4 is 5.91 Å². The van der Waals surface area contributed by atoms with Crippen LogP contribution in [0.1, 0.15) is 24.8 Å². The molecule has 0 spiro atoms. The highest BCUT2D eigenvalue weighted by Gasteiger charge is 2.35. The fourth-order valence-electron chi connectivity index (χ4n) is 3.08. The Labute approximate surface area is 120 Å². The number of likely N-dealkylation sites (tertiary alicyclic amines) is 1. The second-order valence-corrected chi connectivity index (χ2v) is 5.67. The molecule has 2 fully saturated rings. The van der Waals surface area contributed by atoms with E-state index in [1.165, 1.54) is 18.4 Å². The Hall–Kier alpha value is -1.39. The molecule has 2 aliphatic rings. The summed E-state index contributed by atoms with van der Waals surface area (Å²) in [4.78, 5) is 14.2. The van der Waals surface area contributed by atoms with Crippen LogP contribution in [0.4, 0.5) is 0 Å². The molecule has 108 valence electrons. The van der Waals surface area contributed by atoms with Gasteiger partial charge in [0.2, 0.25) is 5.91 Å². The molecule has 3 rings (SSSR count). The monoisotopic (exact) mass is 274 g/mol. The van der Waals surface area contributed by atoms with Crippen molar-refractivity contribution in [3.05, 3.63) is 35.9 Å². The second-order valence-electron chi connectivity index (χ2n) is 5.67. The molecule has 1 N–H and O–H groups in total. The van der Waals surface area contributed by atoms with Gasteiger partial charge in [0.1, 0.15) is 0 Å². The third-order valence-electron chi connectivity index (χ3n) is 4.15. The molecule has 2 aliphatic heterocycles. The number of carbonyl (C=O) groups excluding carboxylic acids is 1. The molecular weight excluding hydrogens is 252 g/mol. The Morgan fingerprint density at radius 2 is 2.10 bits per heavy atom. The number of fused-ring (bicyclic) bond motifs is 2. The van der Waals surface area contributed by atoms with Crippen molar-refractivity contribution in [1.29, 1.82) is 0 Å². The van der Waals surface area contributed by atoms with Gasteiger partial charge in [-0.3, -0.25) is 4.79 Å². The summed E-state index contributed by atoms with van der Waals surface area (Å²) in [6, 6.07) is 10.7. The minimum Gasteiger partial charge on any atom is -0.375 e. The number of rotatable bonds is 5. The molecule has 2 bridgehead atoms. The quantitative estimate of drug-likeness (QED) is 0.828. The van der Waals surface area contributed by atoms with Crippen molar-refractivity contribution in [3.8, 4) is 0 Å². The summed E-state index contributed by atoms with van der Waals surface area (Å²) in [5.41, 5.74) is 1.18. The summed E-state index contributed by atoms with van der Waals surface area (Å²) in [5.74, 6) is 0.254. The lowest BCUT2D eigenvalue weighted by Crippen LogP contribution is -2.62. The van der Waals surface area contributed by atoms with Crippen LogP contribution in [0.3, 0.4) is 0 Å². The Bertz CT molecular complexity index is 449. The molecule has 0 aliphatic carbocycles. The van der Waals surface area contributed by atoms with Gasteiger partial charge < -0.3 is 15.0 Å². The van der Waals surface area contributed by atoms with Crippen molar-refractivity contribution in [2.75, 3.05) is 19.7 Å². The molecule has 4 heteroatoms. The van der Waals surface area contributed by atoms with Crippen LogP contribution in [-0.2, 0) is 16.1 Å². The molecule has 0 radical (unpaired) electrons. The van der Waals surface area contributed by atoms with Gasteiger partial charge in [-0.25, -0.2) is 0 Å². The Morgan fingerprint density at radius 1 is 1.25 bits per heavy atom. The zero-order chi connectivity index (χ0) is 13.8. The minimum absolute atomic E-state index is 0.0524. The summed E-state index contributed by atoms with van der Waals surface area (Å²) < 4.78 is 5.68. The van der Waals surface area contributed by atoms with Gasteiger partial charge in [-0.2, -0.15) is 0 Å². The van der Waals surface area contributed by atoms with Gasteiger partial charge in [-0.05, 0) is 24.8 Å². The topological polar surface area (TPSA) is 41.6 Å². The average molecular weight is 274 g/mol. The zero-order valence-electron chi connectivity index (χ0n) is 11.8. The summed E-state index contributed by atoms with van der Waals surface area (Å²) in [7, 11) is 0. The minimum atomic E-state index is 0.0524. The van der Waals surface area contributed by atoms with E-state index in [2.05, 4.69) is 17.4 Å². The van der Waals surface area contributed by atoms with Crippen molar-refractivity contribution in [2.45, 2.75) is 38.0 Å². The predicted molar refractivity (Wildman–Crippen MR) is 77.2 cm³/mol. The highest BCUT2D eigenvalue weighted by atomic mass is 16.5. The first-order valence-corrected chi connectivity index (χ1v) is 7.49. The van der Waals surface area contributed by atoms with E-state index in [1.807, 2.05) is 23.1 Å². The molecule has 4 nitrogen and oxygen atoms in total. The van der Waals surface area contributed by atoms with Gasteiger partial charge >= 0.3 is 0 Å². The van der Waals surface area contributed by atoms with Gasteiger partial charge in [0.15, 0.2) is 0 Å². The largest absolute Gasteiger partial charge is 0.375 e. The van der Waals surface area contributed by atoms with Crippen LogP contribution in [0.2, 0.25) is 0 Å². The summed E-state index contributed by atoms with van der Waals surface area (Å²) >= 11 is 0. The molecule has 0 aromatic heterocycles. The molecule has 0 saturated carbocycles. The van der Waals surface area contributed by atoms with Gasteiger partial charge in [0.25, 0.3) is 0 Å². The highest BCUT2D eigenvalue weighted by Crippen LogP contribution is 2.20. The standard InChI is InChI=1S/C16H22N2O2/c19-16-15-8-4-7-14(17-15)11-18(16)9-10-20-12-13-5-2-1-3-6-13/h1-3,5-6,14-15,17H,4,7-12H2. The fourth-order valence-corrected chi connectivity index (χ4v) is 3.08. The van der Waals surface area contributed by atoms with Crippen LogP contribution < -0.4 is 5.32 Å². The lowest BCUT2D eigenvalue weighted by atomic mass is 9.93. The smallest absolute Gasteiger partial charge is 0.239 e. The molecule has 2 heterocycles. The number of piperazine rings is 1. The molecule has 1 amide bonds. The van der Waals surface area contributed by atoms with Crippen molar-refractivity contribution in [3.63, 3.8) is 0 Å². The molecule has 2 atom stereocenters. The van der Waals surface area contributed by atoms with Crippen LogP contribution >= 0.6 is 0 Å². The van der Waals surface area contributed by atoms with E-state index in [0.29, 0.717) is 25.8 Å². The first-order valence-electron chi connectivity index (χ1n) is 7.49. The highest BCUT2D eigenvalue weighted by molar-refractivity contribution is 5.83. The first-order chi connectivity index (χ1) is 9.83. The van der Waals surface area contributed by atoms with Gasteiger partial charge in [-0.15, -0.1) is 0 Å². The van der Waals surface area contributed by atoms with E-state index in [9.17, 15) is 4.79 Å². The first kappa shape index (κ1) is 13.6. The number of piperidine rings is 1. The summed E-state index contributed by atoms with van der Waals surface area (Å²) in [6.45, 7) is 2.78. The number of ether oxygens (including phenoxy) is 1. The number of nitrogens with one attached hydrogen (secondary N) is 1. The van der Waals surface area contributed by atoms with Gasteiger partial charge in [-0.1, -0.05) is 30.3 Å². The third-order valence-corrected chi connectivity index (χ3v) is 4.15. The summed E-state index contributed by atoms with van der Waals surface area (Å²) in [6.07, 6.45) is 3.34. The molecular formula is C16H22N2O2. The lowest BCUT2D eigenvalue weighted by molar-refractivity contribution is -0.139. The average Bonchev–Trinajstić information content (AvgIpc) is 2.50. The van der Waals surface area contributed by atoms with Gasteiger partial charge in [0.05, 0.1) is 19.3 Å². The fraction of sp³-hybridized carbons (Fsp3) is 0.562. The number of hydrogen-bond donors (Lipinski definition) is 1. The van der Waals surface area contributed by atoms with Crippen LogP contribution in [-0.4, -0.2) is 42.6 Å². The number of hydrogen-bond acceptors (Lipinski definition) is 3. The SMILES string of the molecule is O=C1C2CCCC(CN1CCOCc1ccccc1)N2. The molecule has 1 aromatic rings. The predicted octanol–water partition coefficient (Wildman–Crippen LogP) is 1.56.